The van der Waals surface area contributed by atoms with Gasteiger partial charge in [0.05, 0.1) is 12.3 Å². The average molecular weight is 267 g/mol. The van der Waals surface area contributed by atoms with Crippen molar-refractivity contribution < 1.29 is 9.13 Å². The number of methoxy groups -OCH3 is 1. The van der Waals surface area contributed by atoms with Crippen molar-refractivity contribution in [2.75, 3.05) is 25.2 Å². The number of amidine groups is 1. The Morgan fingerprint density at radius 2 is 2.21 bits per heavy atom. The lowest BCUT2D eigenvalue weighted by atomic mass is 10.1. The van der Waals surface area contributed by atoms with Gasteiger partial charge in [-0.25, -0.2) is 4.39 Å². The van der Waals surface area contributed by atoms with Gasteiger partial charge in [-0.1, -0.05) is 6.92 Å². The maximum atomic E-state index is 14.1. The fourth-order valence-electron chi connectivity index (χ4n) is 1.90. The van der Waals surface area contributed by atoms with Crippen LogP contribution in [0.25, 0.3) is 0 Å². The summed E-state index contributed by atoms with van der Waals surface area (Å²) in [6.45, 7) is 5.28. The molecule has 0 heterocycles. The molecule has 1 rings (SSSR count). The molecular weight excluding hydrogens is 245 g/mol. The summed E-state index contributed by atoms with van der Waals surface area (Å²) in [5.74, 6) is -0.485. The Bertz CT molecular complexity index is 437. The molecule has 0 fully saturated rings. The Labute approximate surface area is 113 Å². The molecule has 3 N–H and O–H groups in total. The van der Waals surface area contributed by atoms with Gasteiger partial charge in [0.25, 0.3) is 0 Å². The van der Waals surface area contributed by atoms with Gasteiger partial charge in [0.1, 0.15) is 11.7 Å². The van der Waals surface area contributed by atoms with E-state index in [1.165, 1.54) is 6.07 Å². The quantitative estimate of drug-likeness (QED) is 0.589. The van der Waals surface area contributed by atoms with Crippen LogP contribution in [0.3, 0.4) is 0 Å². The summed E-state index contributed by atoms with van der Waals surface area (Å²) in [6.07, 6.45) is 0.914. The highest BCUT2D eigenvalue weighted by molar-refractivity contribution is 5.95. The molecule has 0 radical (unpaired) electrons. The Hall–Kier alpha value is -1.62. The van der Waals surface area contributed by atoms with Crippen molar-refractivity contribution in [1.29, 1.82) is 5.41 Å². The van der Waals surface area contributed by atoms with Crippen molar-refractivity contribution in [3.63, 3.8) is 0 Å². The summed E-state index contributed by atoms with van der Waals surface area (Å²) in [5.41, 5.74) is 6.28. The normalized spacial score (nSPS) is 12.2. The third-order valence-electron chi connectivity index (χ3n) is 3.23. The zero-order valence-electron chi connectivity index (χ0n) is 11.7. The fraction of sp³-hybridized carbons (Fsp3) is 0.500. The van der Waals surface area contributed by atoms with Crippen LogP contribution in [-0.4, -0.2) is 32.1 Å². The zero-order chi connectivity index (χ0) is 14.4. The standard InChI is InChI=1S/C14H22FN3O/c1-4-10(2)18(7-8-19-3)13-6-5-11(14(16)17)9-12(13)15/h5-6,9-10H,4,7-8H2,1-3H3,(H3,16,17). The number of benzene rings is 1. The summed E-state index contributed by atoms with van der Waals surface area (Å²) < 4.78 is 19.2. The van der Waals surface area contributed by atoms with Crippen molar-refractivity contribution in [3.8, 4) is 0 Å². The van der Waals surface area contributed by atoms with Crippen LogP contribution in [0.1, 0.15) is 25.8 Å². The molecule has 106 valence electrons. The number of nitrogens with one attached hydrogen (secondary N) is 1. The van der Waals surface area contributed by atoms with Crippen LogP contribution in [0.5, 0.6) is 0 Å². The van der Waals surface area contributed by atoms with E-state index in [2.05, 4.69) is 6.92 Å². The minimum atomic E-state index is -0.357. The van der Waals surface area contributed by atoms with E-state index < -0.39 is 0 Å². The first-order valence-electron chi connectivity index (χ1n) is 6.40. The van der Waals surface area contributed by atoms with Crippen LogP contribution < -0.4 is 10.6 Å². The van der Waals surface area contributed by atoms with Crippen LogP contribution in [0, 0.1) is 11.2 Å². The van der Waals surface area contributed by atoms with Crippen LogP contribution >= 0.6 is 0 Å². The Kier molecular flexibility index (Phi) is 5.76. The lowest BCUT2D eigenvalue weighted by molar-refractivity contribution is 0.203. The van der Waals surface area contributed by atoms with E-state index in [-0.39, 0.29) is 17.7 Å². The van der Waals surface area contributed by atoms with Crippen molar-refractivity contribution in [3.05, 3.63) is 29.6 Å². The number of nitrogen functional groups attached to an aromatic ring is 1. The molecule has 5 heteroatoms. The number of nitrogens with two attached hydrogens (primary N) is 1. The molecule has 0 aliphatic carbocycles. The van der Waals surface area contributed by atoms with Crippen LogP contribution in [0.2, 0.25) is 0 Å². The molecule has 0 saturated heterocycles. The van der Waals surface area contributed by atoms with Gasteiger partial charge in [0, 0.05) is 25.3 Å². The molecule has 0 amide bonds. The highest BCUT2D eigenvalue weighted by Crippen LogP contribution is 2.23. The molecule has 0 aromatic heterocycles. The SMILES string of the molecule is CCC(C)N(CCOC)c1ccc(C(=N)N)cc1F. The van der Waals surface area contributed by atoms with Crippen molar-refractivity contribution >= 4 is 11.5 Å². The van der Waals surface area contributed by atoms with Gasteiger partial charge in [0.2, 0.25) is 0 Å². The number of ether oxygens (including phenoxy) is 1. The second kappa shape index (κ2) is 7.09. The van der Waals surface area contributed by atoms with Gasteiger partial charge < -0.3 is 15.4 Å². The van der Waals surface area contributed by atoms with E-state index in [9.17, 15) is 4.39 Å². The average Bonchev–Trinajstić information content (AvgIpc) is 2.39. The van der Waals surface area contributed by atoms with E-state index in [0.717, 1.165) is 6.42 Å². The van der Waals surface area contributed by atoms with Crippen LogP contribution in [0.4, 0.5) is 10.1 Å². The summed E-state index contributed by atoms with van der Waals surface area (Å²) in [6, 6.07) is 4.87. The van der Waals surface area contributed by atoms with Gasteiger partial charge in [-0.05, 0) is 31.5 Å². The number of hydrogen-bond donors (Lipinski definition) is 2. The predicted octanol–water partition coefficient (Wildman–Crippen LogP) is 2.36. The Morgan fingerprint density at radius 3 is 2.68 bits per heavy atom. The van der Waals surface area contributed by atoms with Gasteiger partial charge >= 0.3 is 0 Å². The molecule has 4 nitrogen and oxygen atoms in total. The highest BCUT2D eigenvalue weighted by atomic mass is 19.1. The third kappa shape index (κ3) is 3.92. The minimum Gasteiger partial charge on any atom is -0.384 e. The minimum absolute atomic E-state index is 0.127. The number of anilines is 1. The van der Waals surface area contributed by atoms with Gasteiger partial charge in [-0.15, -0.1) is 0 Å². The third-order valence-corrected chi connectivity index (χ3v) is 3.23. The predicted molar refractivity (Wildman–Crippen MR) is 76.4 cm³/mol. The largest absolute Gasteiger partial charge is 0.384 e. The zero-order valence-corrected chi connectivity index (χ0v) is 11.7. The molecule has 0 bridgehead atoms. The molecule has 0 aliphatic heterocycles. The van der Waals surface area contributed by atoms with E-state index in [0.29, 0.717) is 24.4 Å². The first-order chi connectivity index (χ1) is 9.01. The molecule has 19 heavy (non-hydrogen) atoms. The first-order valence-corrected chi connectivity index (χ1v) is 6.40. The molecule has 1 aromatic rings. The summed E-state index contributed by atoms with van der Waals surface area (Å²) in [7, 11) is 1.63. The van der Waals surface area contributed by atoms with Crippen LogP contribution in [-0.2, 0) is 4.74 Å². The number of nitrogens with zero attached hydrogens (tertiary/aromatic N) is 1. The molecule has 1 unspecified atom stereocenters. The summed E-state index contributed by atoms with van der Waals surface area (Å²) in [4.78, 5) is 1.97. The second-order valence-corrected chi connectivity index (χ2v) is 4.52. The number of rotatable bonds is 7. The van der Waals surface area contributed by atoms with Crippen LogP contribution in [0.15, 0.2) is 18.2 Å². The molecule has 1 atom stereocenters. The second-order valence-electron chi connectivity index (χ2n) is 4.52. The van der Waals surface area contributed by atoms with E-state index in [4.69, 9.17) is 15.9 Å². The first kappa shape index (κ1) is 15.4. The van der Waals surface area contributed by atoms with Gasteiger partial charge in [-0.2, -0.15) is 0 Å². The van der Waals surface area contributed by atoms with Crippen molar-refractivity contribution in [2.45, 2.75) is 26.3 Å². The molecular formula is C14H22FN3O. The van der Waals surface area contributed by atoms with Gasteiger partial charge in [0.15, 0.2) is 0 Å². The summed E-state index contributed by atoms with van der Waals surface area (Å²) in [5, 5.41) is 7.32. The number of halogens is 1. The van der Waals surface area contributed by atoms with E-state index >= 15 is 0 Å². The topological polar surface area (TPSA) is 62.3 Å². The lowest BCUT2D eigenvalue weighted by Crippen LogP contribution is -2.36. The van der Waals surface area contributed by atoms with Crippen molar-refractivity contribution in [2.24, 2.45) is 5.73 Å². The molecule has 0 spiro atoms. The fourth-order valence-corrected chi connectivity index (χ4v) is 1.90. The smallest absolute Gasteiger partial charge is 0.147 e. The Balaban J connectivity index is 3.04. The number of hydrogen-bond acceptors (Lipinski definition) is 3. The highest BCUT2D eigenvalue weighted by Gasteiger charge is 2.17. The maximum Gasteiger partial charge on any atom is 0.147 e. The molecule has 0 saturated carbocycles. The summed E-state index contributed by atoms with van der Waals surface area (Å²) >= 11 is 0. The monoisotopic (exact) mass is 267 g/mol. The van der Waals surface area contributed by atoms with Gasteiger partial charge in [-0.3, -0.25) is 5.41 Å². The lowest BCUT2D eigenvalue weighted by Gasteiger charge is -2.31. The van der Waals surface area contributed by atoms with Crippen molar-refractivity contribution in [1.82, 2.24) is 0 Å². The molecule has 0 aliphatic rings. The van der Waals surface area contributed by atoms with E-state index in [1.54, 1.807) is 19.2 Å². The maximum absolute atomic E-state index is 14.1. The van der Waals surface area contributed by atoms with E-state index in [1.807, 2.05) is 11.8 Å². The molecule has 1 aromatic carbocycles. The Morgan fingerprint density at radius 1 is 1.53 bits per heavy atom.